The minimum absolute atomic E-state index is 0.200. The number of anilines is 1. The van der Waals surface area contributed by atoms with Crippen LogP contribution in [0.15, 0.2) is 24.5 Å². The van der Waals surface area contributed by atoms with E-state index in [1.807, 2.05) is 0 Å². The monoisotopic (exact) mass is 265 g/mol. The van der Waals surface area contributed by atoms with Gasteiger partial charge in [-0.2, -0.15) is 0 Å². The van der Waals surface area contributed by atoms with E-state index in [4.69, 9.17) is 17.3 Å². The average molecular weight is 266 g/mol. The van der Waals surface area contributed by atoms with E-state index in [9.17, 15) is 4.79 Å². The third-order valence-electron chi connectivity index (χ3n) is 2.28. The van der Waals surface area contributed by atoms with Gasteiger partial charge in [-0.05, 0) is 12.1 Å². The highest BCUT2D eigenvalue weighted by Crippen LogP contribution is 2.11. The number of nitrogens with one attached hydrogen (secondary N) is 2. The summed E-state index contributed by atoms with van der Waals surface area (Å²) in [5, 5.41) is 2.95. The molecule has 7 heteroatoms. The number of H-pyrrole nitrogens is 1. The van der Waals surface area contributed by atoms with Gasteiger partial charge in [-0.3, -0.25) is 4.79 Å². The Morgan fingerprint density at radius 3 is 3.00 bits per heavy atom. The van der Waals surface area contributed by atoms with Crippen molar-refractivity contribution >= 4 is 23.3 Å². The number of halogens is 1. The van der Waals surface area contributed by atoms with Crippen molar-refractivity contribution in [3.63, 3.8) is 0 Å². The van der Waals surface area contributed by atoms with Crippen LogP contribution in [-0.4, -0.2) is 27.4 Å². The Balaban J connectivity index is 1.91. The minimum Gasteiger partial charge on any atom is -0.384 e. The lowest BCUT2D eigenvalue weighted by molar-refractivity contribution is 0.0954. The molecule has 0 aromatic carbocycles. The van der Waals surface area contributed by atoms with E-state index in [-0.39, 0.29) is 16.9 Å². The van der Waals surface area contributed by atoms with Crippen molar-refractivity contribution in [3.8, 4) is 0 Å². The van der Waals surface area contributed by atoms with E-state index in [0.29, 0.717) is 18.5 Å². The summed E-state index contributed by atoms with van der Waals surface area (Å²) < 4.78 is 0. The Bertz CT molecular complexity index is 520. The van der Waals surface area contributed by atoms with Crippen molar-refractivity contribution in [2.45, 2.75) is 6.42 Å². The quantitative estimate of drug-likeness (QED) is 0.719. The maximum atomic E-state index is 11.8. The molecule has 0 spiro atoms. The van der Waals surface area contributed by atoms with E-state index < -0.39 is 0 Å². The Labute approximate surface area is 109 Å². The number of hydrogen-bond acceptors (Lipinski definition) is 4. The molecule has 2 aromatic heterocycles. The molecule has 94 valence electrons. The molecule has 4 N–H and O–H groups in total. The third kappa shape index (κ3) is 3.21. The van der Waals surface area contributed by atoms with Crippen LogP contribution < -0.4 is 11.1 Å². The summed E-state index contributed by atoms with van der Waals surface area (Å²) in [4.78, 5) is 22.6. The largest absolute Gasteiger partial charge is 0.384 e. The van der Waals surface area contributed by atoms with Gasteiger partial charge >= 0.3 is 0 Å². The van der Waals surface area contributed by atoms with Crippen molar-refractivity contribution < 1.29 is 4.79 Å². The number of amides is 1. The number of hydrogen-bond donors (Lipinski definition) is 3. The predicted molar refractivity (Wildman–Crippen MR) is 68.3 cm³/mol. The van der Waals surface area contributed by atoms with Crippen LogP contribution in [0.4, 0.5) is 5.82 Å². The molecule has 0 radical (unpaired) electrons. The lowest BCUT2D eigenvalue weighted by Crippen LogP contribution is -2.26. The fourth-order valence-electron chi connectivity index (χ4n) is 1.48. The van der Waals surface area contributed by atoms with Crippen LogP contribution in [0.1, 0.15) is 16.2 Å². The third-order valence-corrected chi connectivity index (χ3v) is 2.47. The van der Waals surface area contributed by atoms with E-state index >= 15 is 0 Å². The van der Waals surface area contributed by atoms with E-state index in [1.165, 1.54) is 12.1 Å². The second-order valence-corrected chi connectivity index (χ2v) is 4.03. The number of pyridine rings is 1. The van der Waals surface area contributed by atoms with E-state index in [2.05, 4.69) is 20.3 Å². The molecule has 0 fully saturated rings. The van der Waals surface area contributed by atoms with Gasteiger partial charge in [0.05, 0.1) is 0 Å². The molecule has 2 rings (SSSR count). The van der Waals surface area contributed by atoms with Gasteiger partial charge in [0.25, 0.3) is 5.91 Å². The van der Waals surface area contributed by atoms with Crippen molar-refractivity contribution in [2.75, 3.05) is 12.3 Å². The first-order valence-electron chi connectivity index (χ1n) is 5.34. The number of aromatic amines is 1. The van der Waals surface area contributed by atoms with Gasteiger partial charge in [-0.1, -0.05) is 11.6 Å². The Morgan fingerprint density at radius 1 is 1.50 bits per heavy atom. The number of aromatic nitrogens is 3. The van der Waals surface area contributed by atoms with Crippen molar-refractivity contribution in [2.24, 2.45) is 0 Å². The fourth-order valence-corrected chi connectivity index (χ4v) is 1.69. The van der Waals surface area contributed by atoms with Crippen LogP contribution >= 0.6 is 11.6 Å². The molecule has 1 amide bonds. The second-order valence-electron chi connectivity index (χ2n) is 3.65. The summed E-state index contributed by atoms with van der Waals surface area (Å²) >= 11 is 5.72. The molecular weight excluding hydrogens is 254 g/mol. The highest BCUT2D eigenvalue weighted by Gasteiger charge is 2.08. The number of rotatable bonds is 4. The number of nitrogens with two attached hydrogens (primary N) is 1. The van der Waals surface area contributed by atoms with Crippen molar-refractivity contribution in [1.29, 1.82) is 0 Å². The number of imidazole rings is 1. The summed E-state index contributed by atoms with van der Waals surface area (Å²) in [6.45, 7) is 0.478. The molecule has 6 nitrogen and oxygen atoms in total. The normalized spacial score (nSPS) is 10.3. The summed E-state index contributed by atoms with van der Waals surface area (Å²) in [6.07, 6.45) is 4.04. The Morgan fingerprint density at radius 2 is 2.33 bits per heavy atom. The molecule has 0 unspecified atom stereocenters. The number of carbonyl (C=O) groups is 1. The number of nitrogen functional groups attached to an aromatic ring is 1. The fraction of sp³-hybridized carbons (Fsp3) is 0.182. The van der Waals surface area contributed by atoms with Crippen molar-refractivity contribution in [1.82, 2.24) is 20.3 Å². The van der Waals surface area contributed by atoms with Gasteiger partial charge in [0.15, 0.2) is 0 Å². The van der Waals surface area contributed by atoms with Gasteiger partial charge < -0.3 is 16.0 Å². The molecule has 0 atom stereocenters. The zero-order valence-electron chi connectivity index (χ0n) is 9.48. The second kappa shape index (κ2) is 5.50. The first-order chi connectivity index (χ1) is 8.65. The Kier molecular flexibility index (Phi) is 3.78. The molecule has 0 aliphatic heterocycles. The van der Waals surface area contributed by atoms with Gasteiger partial charge in [0, 0.05) is 30.9 Å². The molecule has 0 bridgehead atoms. The molecule has 0 saturated carbocycles. The highest BCUT2D eigenvalue weighted by molar-refractivity contribution is 6.29. The molecule has 0 aliphatic carbocycles. The van der Waals surface area contributed by atoms with Crippen LogP contribution in [0.3, 0.4) is 0 Å². The van der Waals surface area contributed by atoms with Gasteiger partial charge in [0.2, 0.25) is 0 Å². The summed E-state index contributed by atoms with van der Waals surface area (Å²) in [5.74, 6) is 0.804. The topological polar surface area (TPSA) is 96.7 Å². The number of nitrogens with zero attached hydrogens (tertiary/aromatic N) is 2. The van der Waals surface area contributed by atoms with Gasteiger partial charge in [-0.15, -0.1) is 0 Å². The number of carbonyl (C=O) groups excluding carboxylic acids is 1. The zero-order valence-corrected chi connectivity index (χ0v) is 10.2. The van der Waals surface area contributed by atoms with E-state index in [0.717, 1.165) is 5.82 Å². The Hall–Kier alpha value is -2.08. The zero-order chi connectivity index (χ0) is 13.0. The molecule has 2 aromatic rings. The summed E-state index contributed by atoms with van der Waals surface area (Å²) in [7, 11) is 0. The molecule has 0 aliphatic rings. The smallest absolute Gasteiger partial charge is 0.251 e. The molecular formula is C11H12ClN5O. The van der Waals surface area contributed by atoms with Crippen molar-refractivity contribution in [3.05, 3.63) is 41.1 Å². The van der Waals surface area contributed by atoms with Crippen LogP contribution in [0.5, 0.6) is 0 Å². The SMILES string of the molecule is Nc1cc(C(=O)NCCc2ncc[nH]2)cc(Cl)n1. The molecule has 18 heavy (non-hydrogen) atoms. The van der Waals surface area contributed by atoms with Crippen LogP contribution in [0.25, 0.3) is 0 Å². The lowest BCUT2D eigenvalue weighted by Gasteiger charge is -2.05. The standard InChI is InChI=1S/C11H12ClN5O/c12-8-5-7(6-9(13)17-8)11(18)16-2-1-10-14-3-4-15-10/h3-6H,1-2H2,(H2,13,17)(H,14,15)(H,16,18). The molecule has 0 saturated heterocycles. The van der Waals surface area contributed by atoms with Crippen LogP contribution in [-0.2, 0) is 6.42 Å². The minimum atomic E-state index is -0.238. The maximum absolute atomic E-state index is 11.8. The summed E-state index contributed by atoms with van der Waals surface area (Å²) in [5.41, 5.74) is 5.91. The first kappa shape index (κ1) is 12.4. The first-order valence-corrected chi connectivity index (χ1v) is 5.72. The van der Waals surface area contributed by atoms with E-state index in [1.54, 1.807) is 12.4 Å². The lowest BCUT2D eigenvalue weighted by atomic mass is 10.2. The molecule has 2 heterocycles. The van der Waals surface area contributed by atoms with Crippen LogP contribution in [0, 0.1) is 0 Å². The predicted octanol–water partition coefficient (Wildman–Crippen LogP) is 1.01. The van der Waals surface area contributed by atoms with Gasteiger partial charge in [-0.25, -0.2) is 9.97 Å². The average Bonchev–Trinajstić information content (AvgIpc) is 2.80. The maximum Gasteiger partial charge on any atom is 0.251 e. The van der Waals surface area contributed by atoms with Crippen LogP contribution in [0.2, 0.25) is 5.15 Å². The summed E-state index contributed by atoms with van der Waals surface area (Å²) in [6, 6.07) is 2.95. The van der Waals surface area contributed by atoms with Gasteiger partial charge in [0.1, 0.15) is 16.8 Å². The highest BCUT2D eigenvalue weighted by atomic mass is 35.5.